The monoisotopic (exact) mass is 281 g/mol. The van der Waals surface area contributed by atoms with Crippen LogP contribution in [0.25, 0.3) is 0 Å². The standard InChI is InChI=1S/C15H20FNO3/c1-14(2)8-12(15(3,4)20-14)19-13(18)10-7-9(17)5-6-11(10)16/h5-7,12H,8,17H2,1-4H3. The topological polar surface area (TPSA) is 61.5 Å². The first-order valence-electron chi connectivity index (χ1n) is 6.57. The van der Waals surface area contributed by atoms with E-state index in [-0.39, 0.29) is 11.2 Å². The molecule has 0 bridgehead atoms. The van der Waals surface area contributed by atoms with E-state index >= 15 is 0 Å². The third-order valence-corrected chi connectivity index (χ3v) is 3.45. The van der Waals surface area contributed by atoms with Crippen LogP contribution in [-0.2, 0) is 9.47 Å². The Bertz CT molecular complexity index is 540. The average molecular weight is 281 g/mol. The van der Waals surface area contributed by atoms with E-state index in [0.29, 0.717) is 12.1 Å². The zero-order valence-electron chi connectivity index (χ0n) is 12.2. The molecule has 1 aromatic rings. The molecule has 20 heavy (non-hydrogen) atoms. The maximum absolute atomic E-state index is 13.7. The molecule has 0 saturated carbocycles. The first kappa shape index (κ1) is 14.8. The van der Waals surface area contributed by atoms with Crippen LogP contribution in [0.4, 0.5) is 10.1 Å². The SMILES string of the molecule is CC1(C)CC(OC(=O)c2cc(N)ccc2F)C(C)(C)O1. The van der Waals surface area contributed by atoms with Crippen LogP contribution in [0.3, 0.4) is 0 Å². The number of halogens is 1. The smallest absolute Gasteiger partial charge is 0.341 e. The highest BCUT2D eigenvalue weighted by Gasteiger charge is 2.48. The summed E-state index contributed by atoms with van der Waals surface area (Å²) in [6.45, 7) is 7.58. The number of benzene rings is 1. The Morgan fingerprint density at radius 1 is 1.40 bits per heavy atom. The van der Waals surface area contributed by atoms with Crippen LogP contribution in [0.1, 0.15) is 44.5 Å². The van der Waals surface area contributed by atoms with E-state index in [0.717, 1.165) is 6.07 Å². The lowest BCUT2D eigenvalue weighted by Crippen LogP contribution is -2.36. The summed E-state index contributed by atoms with van der Waals surface area (Å²) in [6.07, 6.45) is 0.140. The second-order valence-corrected chi connectivity index (χ2v) is 6.30. The summed E-state index contributed by atoms with van der Waals surface area (Å²) in [5.41, 5.74) is 4.77. The molecule has 1 saturated heterocycles. The van der Waals surface area contributed by atoms with Gasteiger partial charge in [-0.25, -0.2) is 9.18 Å². The van der Waals surface area contributed by atoms with Gasteiger partial charge in [-0.2, -0.15) is 0 Å². The van der Waals surface area contributed by atoms with Crippen molar-refractivity contribution in [1.29, 1.82) is 0 Å². The van der Waals surface area contributed by atoms with Gasteiger partial charge >= 0.3 is 5.97 Å². The van der Waals surface area contributed by atoms with Crippen molar-refractivity contribution in [2.45, 2.75) is 51.4 Å². The lowest BCUT2D eigenvalue weighted by molar-refractivity contribution is -0.0925. The molecule has 0 amide bonds. The van der Waals surface area contributed by atoms with Crippen LogP contribution in [0.2, 0.25) is 0 Å². The third-order valence-electron chi connectivity index (χ3n) is 3.45. The minimum Gasteiger partial charge on any atom is -0.456 e. The van der Waals surface area contributed by atoms with Crippen molar-refractivity contribution in [3.63, 3.8) is 0 Å². The molecule has 1 aromatic carbocycles. The molecule has 0 radical (unpaired) electrons. The van der Waals surface area contributed by atoms with Crippen molar-refractivity contribution >= 4 is 11.7 Å². The van der Waals surface area contributed by atoms with E-state index in [2.05, 4.69) is 0 Å². The van der Waals surface area contributed by atoms with Crippen LogP contribution in [0, 0.1) is 5.82 Å². The van der Waals surface area contributed by atoms with E-state index in [4.69, 9.17) is 15.2 Å². The first-order chi connectivity index (χ1) is 9.11. The van der Waals surface area contributed by atoms with E-state index in [1.807, 2.05) is 27.7 Å². The Kier molecular flexibility index (Phi) is 3.50. The highest BCUT2D eigenvalue weighted by atomic mass is 19.1. The van der Waals surface area contributed by atoms with Gasteiger partial charge in [-0.05, 0) is 45.9 Å². The highest BCUT2D eigenvalue weighted by molar-refractivity contribution is 5.90. The van der Waals surface area contributed by atoms with Gasteiger partial charge in [0.15, 0.2) is 0 Å². The largest absolute Gasteiger partial charge is 0.456 e. The number of nitrogens with two attached hydrogens (primary N) is 1. The fraction of sp³-hybridized carbons (Fsp3) is 0.533. The number of esters is 1. The molecule has 0 aliphatic carbocycles. The summed E-state index contributed by atoms with van der Waals surface area (Å²) in [6, 6.07) is 3.84. The number of carbonyl (C=O) groups excluding carboxylic acids is 1. The molecule has 1 fully saturated rings. The molecule has 5 heteroatoms. The van der Waals surface area contributed by atoms with Gasteiger partial charge in [-0.1, -0.05) is 0 Å². The van der Waals surface area contributed by atoms with Gasteiger partial charge in [-0.3, -0.25) is 0 Å². The predicted octanol–water partition coefficient (Wildman–Crippen LogP) is 2.91. The Morgan fingerprint density at radius 3 is 2.60 bits per heavy atom. The van der Waals surface area contributed by atoms with Crippen LogP contribution in [-0.4, -0.2) is 23.3 Å². The van der Waals surface area contributed by atoms with Crippen LogP contribution in [0.15, 0.2) is 18.2 Å². The van der Waals surface area contributed by atoms with E-state index < -0.39 is 23.5 Å². The van der Waals surface area contributed by atoms with Crippen molar-refractivity contribution in [2.75, 3.05) is 5.73 Å². The quantitative estimate of drug-likeness (QED) is 0.669. The molecular weight excluding hydrogens is 261 g/mol. The van der Waals surface area contributed by atoms with Crippen molar-refractivity contribution in [3.05, 3.63) is 29.6 Å². The molecule has 4 nitrogen and oxygen atoms in total. The van der Waals surface area contributed by atoms with Gasteiger partial charge in [-0.15, -0.1) is 0 Å². The van der Waals surface area contributed by atoms with Gasteiger partial charge in [0.25, 0.3) is 0 Å². The fourth-order valence-electron chi connectivity index (χ4n) is 2.59. The van der Waals surface area contributed by atoms with Crippen molar-refractivity contribution in [2.24, 2.45) is 0 Å². The molecule has 1 aliphatic rings. The summed E-state index contributed by atoms with van der Waals surface area (Å²) in [5, 5.41) is 0. The van der Waals surface area contributed by atoms with Gasteiger partial charge < -0.3 is 15.2 Å². The number of carbonyl (C=O) groups is 1. The maximum Gasteiger partial charge on any atom is 0.341 e. The second kappa shape index (κ2) is 4.74. The molecule has 1 unspecified atom stereocenters. The van der Waals surface area contributed by atoms with Crippen LogP contribution in [0.5, 0.6) is 0 Å². The molecular formula is C15H20FNO3. The van der Waals surface area contributed by atoms with Gasteiger partial charge in [0.1, 0.15) is 17.5 Å². The molecule has 2 N–H and O–H groups in total. The van der Waals surface area contributed by atoms with Crippen molar-refractivity contribution in [3.8, 4) is 0 Å². The number of anilines is 1. The predicted molar refractivity (Wildman–Crippen MR) is 73.9 cm³/mol. The number of hydrogen-bond acceptors (Lipinski definition) is 4. The molecule has 2 rings (SSSR count). The number of rotatable bonds is 2. The molecule has 1 atom stereocenters. The second-order valence-electron chi connectivity index (χ2n) is 6.30. The van der Waals surface area contributed by atoms with Gasteiger partial charge in [0.2, 0.25) is 0 Å². The highest BCUT2D eigenvalue weighted by Crippen LogP contribution is 2.39. The number of hydrogen-bond donors (Lipinski definition) is 1. The van der Waals surface area contributed by atoms with E-state index in [1.165, 1.54) is 12.1 Å². The molecule has 110 valence electrons. The molecule has 0 aromatic heterocycles. The number of nitrogen functional groups attached to an aromatic ring is 1. The summed E-state index contributed by atoms with van der Waals surface area (Å²) in [5.74, 6) is -1.35. The Hall–Kier alpha value is -1.62. The third kappa shape index (κ3) is 2.93. The normalized spacial score (nSPS) is 23.6. The zero-order valence-corrected chi connectivity index (χ0v) is 12.2. The maximum atomic E-state index is 13.7. The Balaban J connectivity index is 2.18. The molecule has 1 heterocycles. The minimum absolute atomic E-state index is 0.148. The van der Waals surface area contributed by atoms with Crippen LogP contribution < -0.4 is 5.73 Å². The van der Waals surface area contributed by atoms with Gasteiger partial charge in [0, 0.05) is 12.1 Å². The lowest BCUT2D eigenvalue weighted by Gasteiger charge is -2.26. The molecule has 0 spiro atoms. The van der Waals surface area contributed by atoms with E-state index in [1.54, 1.807) is 0 Å². The average Bonchev–Trinajstić information content (AvgIpc) is 2.50. The Labute approximate surface area is 118 Å². The van der Waals surface area contributed by atoms with E-state index in [9.17, 15) is 9.18 Å². The van der Waals surface area contributed by atoms with Crippen molar-refractivity contribution in [1.82, 2.24) is 0 Å². The van der Waals surface area contributed by atoms with Gasteiger partial charge in [0.05, 0.1) is 11.2 Å². The minimum atomic E-state index is -0.714. The Morgan fingerprint density at radius 2 is 2.05 bits per heavy atom. The summed E-state index contributed by atoms with van der Waals surface area (Å²) in [4.78, 5) is 12.1. The summed E-state index contributed by atoms with van der Waals surface area (Å²) >= 11 is 0. The fourth-order valence-corrected chi connectivity index (χ4v) is 2.59. The lowest BCUT2D eigenvalue weighted by atomic mass is 9.97. The summed E-state index contributed by atoms with van der Waals surface area (Å²) in [7, 11) is 0. The molecule has 1 aliphatic heterocycles. The van der Waals surface area contributed by atoms with Crippen molar-refractivity contribution < 1.29 is 18.7 Å². The zero-order chi connectivity index (χ0) is 15.1. The first-order valence-corrected chi connectivity index (χ1v) is 6.57. The van der Waals surface area contributed by atoms with Crippen LogP contribution >= 0.6 is 0 Å². The number of ether oxygens (including phenoxy) is 2. The summed E-state index contributed by atoms with van der Waals surface area (Å²) < 4.78 is 24.9.